The number of methoxy groups -OCH3 is 1. The Morgan fingerprint density at radius 3 is 2.83 bits per heavy atom. The van der Waals surface area contributed by atoms with Crippen LogP contribution in [0.25, 0.3) is 5.57 Å². The summed E-state index contributed by atoms with van der Waals surface area (Å²) in [7, 11) is 1.66. The average molecular weight is 160 g/mol. The lowest BCUT2D eigenvalue weighted by molar-refractivity contribution is 0.414. The number of allylic oxidation sites excluding steroid dienone is 1. The SMILES string of the molecule is C=C=C(C)c1cccc(OC)c1. The third-order valence-electron chi connectivity index (χ3n) is 1.77. The molecule has 0 saturated carbocycles. The molecule has 0 N–H and O–H groups in total. The summed E-state index contributed by atoms with van der Waals surface area (Å²) in [5, 5.41) is 0. The molecule has 12 heavy (non-hydrogen) atoms. The lowest BCUT2D eigenvalue weighted by Crippen LogP contribution is -1.84. The second kappa shape index (κ2) is 3.80. The van der Waals surface area contributed by atoms with Crippen LogP contribution in [0.3, 0.4) is 0 Å². The van der Waals surface area contributed by atoms with Crippen LogP contribution in [0, 0.1) is 0 Å². The number of ether oxygens (including phenoxy) is 1. The van der Waals surface area contributed by atoms with E-state index in [0.29, 0.717) is 0 Å². The first-order chi connectivity index (χ1) is 5.77. The summed E-state index contributed by atoms with van der Waals surface area (Å²) < 4.78 is 5.09. The van der Waals surface area contributed by atoms with Crippen LogP contribution in [0.15, 0.2) is 36.6 Å². The first-order valence-corrected chi connectivity index (χ1v) is 3.79. The highest BCUT2D eigenvalue weighted by Gasteiger charge is 1.95. The van der Waals surface area contributed by atoms with Gasteiger partial charge in [-0.15, -0.1) is 5.73 Å². The number of hydrogen-bond donors (Lipinski definition) is 0. The molecule has 0 bridgehead atoms. The van der Waals surface area contributed by atoms with Gasteiger partial charge in [-0.1, -0.05) is 18.7 Å². The van der Waals surface area contributed by atoms with Gasteiger partial charge < -0.3 is 4.74 Å². The number of hydrogen-bond acceptors (Lipinski definition) is 1. The van der Waals surface area contributed by atoms with E-state index in [1.165, 1.54) is 0 Å². The van der Waals surface area contributed by atoms with E-state index in [9.17, 15) is 0 Å². The molecule has 0 amide bonds. The van der Waals surface area contributed by atoms with Gasteiger partial charge in [0.2, 0.25) is 0 Å². The van der Waals surface area contributed by atoms with E-state index >= 15 is 0 Å². The Bertz CT molecular complexity index is 320. The second-order valence-corrected chi connectivity index (χ2v) is 2.53. The van der Waals surface area contributed by atoms with E-state index in [2.05, 4.69) is 12.3 Å². The molecule has 0 aliphatic heterocycles. The Labute approximate surface area is 73.0 Å². The molecule has 1 aromatic rings. The van der Waals surface area contributed by atoms with Crippen LogP contribution in [0.5, 0.6) is 5.75 Å². The summed E-state index contributed by atoms with van der Waals surface area (Å²) in [4.78, 5) is 0. The Hall–Kier alpha value is -1.46. The highest BCUT2D eigenvalue weighted by molar-refractivity contribution is 5.63. The molecule has 1 nitrogen and oxygen atoms in total. The van der Waals surface area contributed by atoms with Gasteiger partial charge in [0, 0.05) is 0 Å². The maximum atomic E-state index is 5.09. The van der Waals surface area contributed by atoms with E-state index < -0.39 is 0 Å². The molecule has 0 aromatic heterocycles. The molecule has 62 valence electrons. The van der Waals surface area contributed by atoms with Crippen molar-refractivity contribution in [3.63, 3.8) is 0 Å². The normalized spacial score (nSPS) is 8.83. The van der Waals surface area contributed by atoms with Gasteiger partial charge in [-0.25, -0.2) is 0 Å². The van der Waals surface area contributed by atoms with E-state index in [1.54, 1.807) is 7.11 Å². The van der Waals surface area contributed by atoms with Crippen molar-refractivity contribution in [1.29, 1.82) is 0 Å². The topological polar surface area (TPSA) is 9.23 Å². The monoisotopic (exact) mass is 160 g/mol. The number of rotatable bonds is 2. The van der Waals surface area contributed by atoms with E-state index in [0.717, 1.165) is 16.9 Å². The molecule has 0 fully saturated rings. The Kier molecular flexibility index (Phi) is 2.73. The molecule has 0 atom stereocenters. The predicted octanol–water partition coefficient (Wildman–Crippen LogP) is 2.88. The summed E-state index contributed by atoms with van der Waals surface area (Å²) in [5.74, 6) is 0.863. The van der Waals surface area contributed by atoms with Crippen molar-refractivity contribution >= 4 is 5.57 Å². The van der Waals surface area contributed by atoms with Gasteiger partial charge >= 0.3 is 0 Å². The third kappa shape index (κ3) is 1.77. The fraction of sp³-hybridized carbons (Fsp3) is 0.182. The zero-order valence-electron chi connectivity index (χ0n) is 7.42. The first kappa shape index (κ1) is 8.63. The lowest BCUT2D eigenvalue weighted by atomic mass is 10.1. The molecule has 0 radical (unpaired) electrons. The quantitative estimate of drug-likeness (QED) is 0.604. The predicted molar refractivity (Wildman–Crippen MR) is 51.2 cm³/mol. The zero-order chi connectivity index (χ0) is 8.97. The maximum Gasteiger partial charge on any atom is 0.119 e. The van der Waals surface area contributed by atoms with Gasteiger partial charge in [0.25, 0.3) is 0 Å². The van der Waals surface area contributed by atoms with Crippen LogP contribution in [0.1, 0.15) is 12.5 Å². The van der Waals surface area contributed by atoms with Gasteiger partial charge in [0.05, 0.1) is 7.11 Å². The van der Waals surface area contributed by atoms with E-state index in [4.69, 9.17) is 4.74 Å². The van der Waals surface area contributed by atoms with Crippen molar-refractivity contribution in [1.82, 2.24) is 0 Å². The van der Waals surface area contributed by atoms with Gasteiger partial charge in [0.15, 0.2) is 0 Å². The lowest BCUT2D eigenvalue weighted by Gasteiger charge is -2.02. The van der Waals surface area contributed by atoms with Crippen LogP contribution in [0.2, 0.25) is 0 Å². The average Bonchev–Trinajstić information content (AvgIpc) is 2.17. The molecule has 0 spiro atoms. The Morgan fingerprint density at radius 1 is 1.50 bits per heavy atom. The molecular weight excluding hydrogens is 148 g/mol. The molecule has 1 aromatic carbocycles. The first-order valence-electron chi connectivity index (χ1n) is 3.79. The van der Waals surface area contributed by atoms with E-state index in [-0.39, 0.29) is 0 Å². The van der Waals surface area contributed by atoms with E-state index in [1.807, 2.05) is 31.2 Å². The smallest absolute Gasteiger partial charge is 0.119 e. The standard InChI is InChI=1S/C11H12O/c1-4-9(2)10-6-5-7-11(8-10)12-3/h5-8H,1H2,2-3H3. The van der Waals surface area contributed by atoms with Gasteiger partial charge in [-0.05, 0) is 30.2 Å². The molecule has 0 unspecified atom stereocenters. The molecule has 1 heteroatoms. The van der Waals surface area contributed by atoms with Crippen LogP contribution in [0.4, 0.5) is 0 Å². The highest BCUT2D eigenvalue weighted by Crippen LogP contribution is 2.18. The van der Waals surface area contributed by atoms with Crippen molar-refractivity contribution in [2.45, 2.75) is 6.92 Å². The molecule has 0 aliphatic carbocycles. The maximum absolute atomic E-state index is 5.09. The summed E-state index contributed by atoms with van der Waals surface area (Å²) >= 11 is 0. The minimum Gasteiger partial charge on any atom is -0.497 e. The van der Waals surface area contributed by atoms with Gasteiger partial charge in [-0.3, -0.25) is 0 Å². The zero-order valence-corrected chi connectivity index (χ0v) is 7.42. The largest absolute Gasteiger partial charge is 0.497 e. The fourth-order valence-corrected chi connectivity index (χ4v) is 0.958. The van der Waals surface area contributed by atoms with Crippen molar-refractivity contribution < 1.29 is 4.74 Å². The van der Waals surface area contributed by atoms with Crippen LogP contribution < -0.4 is 4.74 Å². The molecule has 1 rings (SSSR count). The summed E-state index contributed by atoms with van der Waals surface area (Å²) in [6.45, 7) is 5.56. The minimum atomic E-state index is 0.863. The molecule has 0 heterocycles. The summed E-state index contributed by atoms with van der Waals surface area (Å²) in [6, 6.07) is 7.85. The Balaban J connectivity index is 3.10. The fourth-order valence-electron chi connectivity index (χ4n) is 0.958. The number of benzene rings is 1. The van der Waals surface area contributed by atoms with Crippen molar-refractivity contribution in [2.75, 3.05) is 7.11 Å². The van der Waals surface area contributed by atoms with Crippen LogP contribution in [-0.2, 0) is 0 Å². The molecular formula is C11H12O. The highest BCUT2D eigenvalue weighted by atomic mass is 16.5. The Morgan fingerprint density at radius 2 is 2.25 bits per heavy atom. The molecule has 0 saturated heterocycles. The van der Waals surface area contributed by atoms with Crippen molar-refractivity contribution in [3.05, 3.63) is 42.1 Å². The second-order valence-electron chi connectivity index (χ2n) is 2.53. The third-order valence-corrected chi connectivity index (χ3v) is 1.77. The summed E-state index contributed by atoms with van der Waals surface area (Å²) in [6.07, 6.45) is 0. The van der Waals surface area contributed by atoms with Gasteiger partial charge in [-0.2, -0.15) is 0 Å². The van der Waals surface area contributed by atoms with Crippen molar-refractivity contribution in [3.8, 4) is 5.75 Å². The molecule has 0 aliphatic rings. The summed E-state index contributed by atoms with van der Waals surface area (Å²) in [5.41, 5.74) is 4.98. The van der Waals surface area contributed by atoms with Gasteiger partial charge in [0.1, 0.15) is 5.75 Å². The van der Waals surface area contributed by atoms with Crippen LogP contribution in [-0.4, -0.2) is 7.11 Å². The van der Waals surface area contributed by atoms with Crippen molar-refractivity contribution in [2.24, 2.45) is 0 Å². The minimum absolute atomic E-state index is 0.863. The van der Waals surface area contributed by atoms with Crippen LogP contribution >= 0.6 is 0 Å².